The molecule has 0 saturated heterocycles. The van der Waals surface area contributed by atoms with E-state index in [1.807, 2.05) is 36.4 Å². The number of carboxylic acid groups (broad SMARTS) is 1. The van der Waals surface area contributed by atoms with E-state index in [-0.39, 0.29) is 17.1 Å². The first kappa shape index (κ1) is 18.8. The van der Waals surface area contributed by atoms with E-state index in [2.05, 4.69) is 4.98 Å². The van der Waals surface area contributed by atoms with E-state index in [9.17, 15) is 14.1 Å². The van der Waals surface area contributed by atoms with Crippen molar-refractivity contribution in [2.45, 2.75) is 16.4 Å². The second kappa shape index (κ2) is 8.24. The van der Waals surface area contributed by atoms with Gasteiger partial charge in [-0.05, 0) is 42.5 Å². The predicted molar refractivity (Wildman–Crippen MR) is 111 cm³/mol. The summed E-state index contributed by atoms with van der Waals surface area (Å²) in [6, 6.07) is 24.9. The molecule has 0 bridgehead atoms. The zero-order valence-corrected chi connectivity index (χ0v) is 16.1. The van der Waals surface area contributed by atoms with E-state index in [4.69, 9.17) is 4.74 Å². The van der Waals surface area contributed by atoms with Gasteiger partial charge in [-0.2, -0.15) is 0 Å². The Morgan fingerprint density at radius 3 is 2.59 bits per heavy atom. The van der Waals surface area contributed by atoms with Crippen molar-refractivity contribution in [3.05, 3.63) is 96.2 Å². The first-order valence-electron chi connectivity index (χ1n) is 8.93. The van der Waals surface area contributed by atoms with Crippen LogP contribution in [0.15, 0.2) is 94.7 Å². The lowest BCUT2D eigenvalue weighted by atomic mass is 10.2. The van der Waals surface area contributed by atoms with E-state index in [0.29, 0.717) is 10.6 Å². The third-order valence-corrected chi connectivity index (χ3v) is 5.82. The topological polar surface area (TPSA) is 76.5 Å². The fraction of sp³-hybridized carbons (Fsp3) is 0.0435. The number of hydrogen-bond donors (Lipinski definition) is 1. The smallest absolute Gasteiger partial charge is 0.336 e. The highest BCUT2D eigenvalue weighted by Gasteiger charge is 2.16. The number of pyridine rings is 1. The molecule has 0 amide bonds. The number of carboxylic acids is 1. The van der Waals surface area contributed by atoms with E-state index < -0.39 is 16.8 Å². The molecule has 0 radical (unpaired) electrons. The van der Waals surface area contributed by atoms with Gasteiger partial charge in [0.05, 0.1) is 32.5 Å². The lowest BCUT2D eigenvalue weighted by Gasteiger charge is -2.10. The van der Waals surface area contributed by atoms with Crippen LogP contribution in [0.5, 0.6) is 5.75 Å². The summed E-state index contributed by atoms with van der Waals surface area (Å²) in [5, 5.41) is 10.4. The van der Waals surface area contributed by atoms with Crippen LogP contribution >= 0.6 is 0 Å². The van der Waals surface area contributed by atoms with Gasteiger partial charge >= 0.3 is 5.97 Å². The molecule has 3 aromatic carbocycles. The van der Waals surface area contributed by atoms with Crippen LogP contribution in [-0.2, 0) is 17.4 Å². The number of nitrogens with zero attached hydrogens (tertiary/aromatic N) is 1. The molecule has 29 heavy (non-hydrogen) atoms. The van der Waals surface area contributed by atoms with Gasteiger partial charge < -0.3 is 9.84 Å². The van der Waals surface area contributed by atoms with Crippen molar-refractivity contribution < 1.29 is 18.8 Å². The molecule has 1 atom stereocenters. The Morgan fingerprint density at radius 2 is 1.72 bits per heavy atom. The van der Waals surface area contributed by atoms with Crippen molar-refractivity contribution in [2.24, 2.45) is 0 Å². The van der Waals surface area contributed by atoms with E-state index in [0.717, 1.165) is 16.6 Å². The number of para-hydroxylation sites is 1. The Labute approximate surface area is 170 Å². The average molecular weight is 403 g/mol. The standard InChI is InChI=1S/C23H17NO4S/c25-23(26)20-9-2-4-11-22(20)29(27)19-8-5-7-18(14-19)28-15-17-13-12-16-6-1-3-10-21(16)24-17/h1-14H,15H2,(H,25,26). The second-order valence-corrected chi connectivity index (χ2v) is 7.78. The summed E-state index contributed by atoms with van der Waals surface area (Å²) in [5.74, 6) is -0.567. The first-order valence-corrected chi connectivity index (χ1v) is 10.1. The van der Waals surface area contributed by atoms with Crippen LogP contribution in [0.2, 0.25) is 0 Å². The fourth-order valence-corrected chi connectivity index (χ4v) is 4.19. The Kier molecular flexibility index (Phi) is 5.35. The number of rotatable bonds is 6. The summed E-state index contributed by atoms with van der Waals surface area (Å²) in [7, 11) is -1.63. The van der Waals surface area contributed by atoms with Crippen molar-refractivity contribution in [2.75, 3.05) is 0 Å². The van der Waals surface area contributed by atoms with Gasteiger partial charge in [-0.25, -0.2) is 14.0 Å². The number of benzene rings is 3. The Morgan fingerprint density at radius 1 is 0.931 bits per heavy atom. The third kappa shape index (κ3) is 4.17. The van der Waals surface area contributed by atoms with Gasteiger partial charge in [0, 0.05) is 10.3 Å². The van der Waals surface area contributed by atoms with Gasteiger partial charge in [-0.15, -0.1) is 0 Å². The van der Waals surface area contributed by atoms with Gasteiger partial charge in [-0.1, -0.05) is 42.5 Å². The fourth-order valence-electron chi connectivity index (χ4n) is 2.96. The van der Waals surface area contributed by atoms with Crippen LogP contribution in [0.25, 0.3) is 10.9 Å². The number of ether oxygens (including phenoxy) is 1. The molecule has 144 valence electrons. The monoisotopic (exact) mass is 403 g/mol. The molecule has 0 spiro atoms. The summed E-state index contributed by atoms with van der Waals surface area (Å²) in [6.07, 6.45) is 0. The summed E-state index contributed by atoms with van der Waals surface area (Å²) in [6.45, 7) is 0.270. The molecule has 4 aromatic rings. The molecule has 0 aliphatic rings. The minimum atomic E-state index is -1.63. The average Bonchev–Trinajstić information content (AvgIpc) is 2.77. The molecule has 0 saturated carbocycles. The van der Waals surface area contributed by atoms with Crippen molar-refractivity contribution in [1.29, 1.82) is 0 Å². The number of carbonyl (C=O) groups is 1. The molecular formula is C23H17NO4S. The number of aromatic nitrogens is 1. The Balaban J connectivity index is 1.54. The first-order chi connectivity index (χ1) is 14.1. The molecule has 5 nitrogen and oxygen atoms in total. The lowest BCUT2D eigenvalue weighted by molar-refractivity contribution is 0.0693. The maximum absolute atomic E-state index is 12.9. The van der Waals surface area contributed by atoms with Gasteiger partial charge in [-0.3, -0.25) is 0 Å². The molecule has 0 aliphatic heterocycles. The quantitative estimate of drug-likeness (QED) is 0.506. The predicted octanol–water partition coefficient (Wildman–Crippen LogP) is 4.68. The Hall–Kier alpha value is -3.51. The zero-order valence-electron chi connectivity index (χ0n) is 15.3. The SMILES string of the molecule is O=C(O)c1ccccc1S(=O)c1cccc(OCc2ccc3ccccc3n2)c1. The maximum atomic E-state index is 12.9. The molecule has 1 aromatic heterocycles. The van der Waals surface area contributed by atoms with Crippen molar-refractivity contribution >= 4 is 27.7 Å². The molecule has 6 heteroatoms. The summed E-state index contributed by atoms with van der Waals surface area (Å²) in [4.78, 5) is 16.7. The van der Waals surface area contributed by atoms with Crippen LogP contribution in [-0.4, -0.2) is 20.3 Å². The Bertz CT molecular complexity index is 1220. The minimum Gasteiger partial charge on any atom is -0.487 e. The summed E-state index contributed by atoms with van der Waals surface area (Å²) in [5.41, 5.74) is 1.71. The maximum Gasteiger partial charge on any atom is 0.336 e. The van der Waals surface area contributed by atoms with Gasteiger partial charge in [0.1, 0.15) is 12.4 Å². The highest BCUT2D eigenvalue weighted by Crippen LogP contribution is 2.24. The molecule has 0 aliphatic carbocycles. The molecule has 0 fully saturated rings. The number of fused-ring (bicyclic) bond motifs is 1. The largest absolute Gasteiger partial charge is 0.487 e. The van der Waals surface area contributed by atoms with Crippen LogP contribution < -0.4 is 4.74 Å². The second-order valence-electron chi connectivity index (χ2n) is 6.33. The molecule has 1 unspecified atom stereocenters. The molecular weight excluding hydrogens is 386 g/mol. The van der Waals surface area contributed by atoms with E-state index in [1.54, 1.807) is 42.5 Å². The normalized spacial score (nSPS) is 11.9. The summed E-state index contributed by atoms with van der Waals surface area (Å²) >= 11 is 0. The van der Waals surface area contributed by atoms with Gasteiger partial charge in [0.2, 0.25) is 0 Å². The van der Waals surface area contributed by atoms with Crippen LogP contribution in [0, 0.1) is 0 Å². The van der Waals surface area contributed by atoms with Crippen LogP contribution in [0.3, 0.4) is 0 Å². The van der Waals surface area contributed by atoms with Crippen molar-refractivity contribution in [3.63, 3.8) is 0 Å². The van der Waals surface area contributed by atoms with Crippen molar-refractivity contribution in [3.8, 4) is 5.75 Å². The van der Waals surface area contributed by atoms with E-state index >= 15 is 0 Å². The van der Waals surface area contributed by atoms with E-state index in [1.165, 1.54) is 6.07 Å². The van der Waals surface area contributed by atoms with Crippen LogP contribution in [0.4, 0.5) is 0 Å². The third-order valence-electron chi connectivity index (χ3n) is 4.38. The number of hydrogen-bond acceptors (Lipinski definition) is 4. The lowest BCUT2D eigenvalue weighted by Crippen LogP contribution is -2.04. The highest BCUT2D eigenvalue weighted by atomic mass is 32.2. The summed E-state index contributed by atoms with van der Waals surface area (Å²) < 4.78 is 18.8. The van der Waals surface area contributed by atoms with Gasteiger partial charge in [0.15, 0.2) is 0 Å². The van der Waals surface area contributed by atoms with Crippen LogP contribution in [0.1, 0.15) is 16.1 Å². The molecule has 4 rings (SSSR count). The van der Waals surface area contributed by atoms with Gasteiger partial charge in [0.25, 0.3) is 0 Å². The van der Waals surface area contributed by atoms with Crippen molar-refractivity contribution in [1.82, 2.24) is 4.98 Å². The highest BCUT2D eigenvalue weighted by molar-refractivity contribution is 7.85. The molecule has 1 N–H and O–H groups in total. The minimum absolute atomic E-state index is 0.0255. The zero-order chi connectivity index (χ0) is 20.2. The number of aromatic carboxylic acids is 1. The molecule has 1 heterocycles.